The zero-order valence-corrected chi connectivity index (χ0v) is 11.9. The predicted octanol–water partition coefficient (Wildman–Crippen LogP) is 3.80. The zero-order valence-electron chi connectivity index (χ0n) is 11.9. The lowest BCUT2D eigenvalue weighted by atomic mass is 10.0. The SMILES string of the molecule is C[C@@H](/C=C/NNc1nc2ccccc2[nH]1)c1ccccc1. The molecular weight excluding hydrogens is 260 g/mol. The molecule has 4 heteroatoms. The van der Waals surface area contributed by atoms with Crippen LogP contribution in [0.1, 0.15) is 18.4 Å². The van der Waals surface area contributed by atoms with Crippen LogP contribution in [0.4, 0.5) is 5.95 Å². The number of aromatic amines is 1. The molecule has 1 heterocycles. The first-order chi connectivity index (χ1) is 10.3. The minimum absolute atomic E-state index is 0.358. The van der Waals surface area contributed by atoms with Gasteiger partial charge in [-0.25, -0.2) is 4.98 Å². The van der Waals surface area contributed by atoms with Crippen LogP contribution in [0.3, 0.4) is 0 Å². The molecule has 21 heavy (non-hydrogen) atoms. The van der Waals surface area contributed by atoms with Gasteiger partial charge in [0.1, 0.15) is 0 Å². The van der Waals surface area contributed by atoms with Gasteiger partial charge in [-0.1, -0.05) is 55.5 Å². The molecule has 0 aliphatic heterocycles. The number of H-pyrrole nitrogens is 1. The van der Waals surface area contributed by atoms with Crippen molar-refractivity contribution in [2.24, 2.45) is 0 Å². The monoisotopic (exact) mass is 278 g/mol. The van der Waals surface area contributed by atoms with E-state index in [1.54, 1.807) is 0 Å². The Bertz CT molecular complexity index is 698. The number of aromatic nitrogens is 2. The van der Waals surface area contributed by atoms with Gasteiger partial charge in [-0.15, -0.1) is 0 Å². The summed E-state index contributed by atoms with van der Waals surface area (Å²) in [6.45, 7) is 2.16. The van der Waals surface area contributed by atoms with Gasteiger partial charge < -0.3 is 10.4 Å². The summed E-state index contributed by atoms with van der Waals surface area (Å²) >= 11 is 0. The number of allylic oxidation sites excluding steroid dienone is 1. The third-order valence-corrected chi connectivity index (χ3v) is 3.37. The van der Waals surface area contributed by atoms with Gasteiger partial charge in [-0.3, -0.25) is 5.43 Å². The van der Waals surface area contributed by atoms with Crippen molar-refractivity contribution in [3.8, 4) is 0 Å². The fourth-order valence-electron chi connectivity index (χ4n) is 2.18. The fraction of sp³-hybridized carbons (Fsp3) is 0.118. The van der Waals surface area contributed by atoms with Gasteiger partial charge in [-0.2, -0.15) is 0 Å². The summed E-state index contributed by atoms with van der Waals surface area (Å²) in [5.41, 5.74) is 9.33. The van der Waals surface area contributed by atoms with Gasteiger partial charge in [-0.05, 0) is 17.7 Å². The van der Waals surface area contributed by atoms with Crippen LogP contribution in [0.15, 0.2) is 66.9 Å². The lowest BCUT2D eigenvalue weighted by Gasteiger charge is -2.06. The van der Waals surface area contributed by atoms with Gasteiger partial charge >= 0.3 is 0 Å². The molecule has 0 saturated carbocycles. The molecule has 1 atom stereocenters. The van der Waals surface area contributed by atoms with Crippen molar-refractivity contribution in [3.63, 3.8) is 0 Å². The van der Waals surface area contributed by atoms with Crippen LogP contribution in [0, 0.1) is 0 Å². The van der Waals surface area contributed by atoms with E-state index >= 15 is 0 Å². The number of rotatable bonds is 5. The Morgan fingerprint density at radius 2 is 1.81 bits per heavy atom. The second-order valence-electron chi connectivity index (χ2n) is 4.93. The van der Waals surface area contributed by atoms with E-state index in [0.29, 0.717) is 11.9 Å². The van der Waals surface area contributed by atoms with E-state index in [4.69, 9.17) is 0 Å². The van der Waals surface area contributed by atoms with E-state index < -0.39 is 0 Å². The smallest absolute Gasteiger partial charge is 0.220 e. The minimum atomic E-state index is 0.358. The summed E-state index contributed by atoms with van der Waals surface area (Å²) in [6.07, 6.45) is 4.00. The number of benzene rings is 2. The van der Waals surface area contributed by atoms with Crippen molar-refractivity contribution < 1.29 is 0 Å². The van der Waals surface area contributed by atoms with Crippen LogP contribution in [0.5, 0.6) is 0 Å². The van der Waals surface area contributed by atoms with Crippen LogP contribution in [-0.4, -0.2) is 9.97 Å². The molecule has 0 unspecified atom stereocenters. The quantitative estimate of drug-likeness (QED) is 0.622. The second-order valence-corrected chi connectivity index (χ2v) is 4.93. The molecule has 3 aromatic rings. The number of hydrogen-bond acceptors (Lipinski definition) is 3. The molecule has 0 spiro atoms. The van der Waals surface area contributed by atoms with Gasteiger partial charge in [0.2, 0.25) is 5.95 Å². The van der Waals surface area contributed by atoms with Crippen molar-refractivity contribution in [3.05, 3.63) is 72.4 Å². The summed E-state index contributed by atoms with van der Waals surface area (Å²) in [5, 5.41) is 0. The molecule has 106 valence electrons. The number of imidazole rings is 1. The Morgan fingerprint density at radius 1 is 1.05 bits per heavy atom. The van der Waals surface area contributed by atoms with Gasteiger partial charge in [0.05, 0.1) is 11.0 Å². The maximum Gasteiger partial charge on any atom is 0.220 e. The molecular formula is C17H18N4. The second kappa shape index (κ2) is 6.13. The largest absolute Gasteiger partial charge is 0.323 e. The number of nitrogens with zero attached hydrogens (tertiary/aromatic N) is 1. The zero-order chi connectivity index (χ0) is 14.5. The highest BCUT2D eigenvalue weighted by Gasteiger charge is 2.00. The molecule has 0 radical (unpaired) electrons. The third-order valence-electron chi connectivity index (χ3n) is 3.37. The molecule has 1 aromatic heterocycles. The maximum atomic E-state index is 4.42. The Hall–Kier alpha value is -2.75. The van der Waals surface area contributed by atoms with Crippen molar-refractivity contribution >= 4 is 17.0 Å². The lowest BCUT2D eigenvalue weighted by molar-refractivity contribution is 0.934. The lowest BCUT2D eigenvalue weighted by Crippen LogP contribution is -2.15. The van der Waals surface area contributed by atoms with Crippen LogP contribution >= 0.6 is 0 Å². The summed E-state index contributed by atoms with van der Waals surface area (Å²) < 4.78 is 0. The molecule has 3 N–H and O–H groups in total. The van der Waals surface area contributed by atoms with E-state index in [1.165, 1.54) is 5.56 Å². The molecule has 0 aliphatic carbocycles. The first-order valence-corrected chi connectivity index (χ1v) is 7.01. The van der Waals surface area contributed by atoms with Crippen LogP contribution in [0.2, 0.25) is 0 Å². The number of nitrogens with one attached hydrogen (secondary N) is 3. The topological polar surface area (TPSA) is 52.7 Å². The summed E-state index contributed by atoms with van der Waals surface area (Å²) in [6, 6.07) is 18.3. The first kappa shape index (κ1) is 13.2. The number of hydrogen-bond donors (Lipinski definition) is 3. The predicted molar refractivity (Wildman–Crippen MR) is 86.8 cm³/mol. The normalized spacial score (nSPS) is 12.6. The van der Waals surface area contributed by atoms with E-state index in [1.807, 2.05) is 36.5 Å². The number of para-hydroxylation sites is 2. The Labute approximate surface area is 123 Å². The Kier molecular flexibility index (Phi) is 3.87. The number of anilines is 1. The average molecular weight is 278 g/mol. The third kappa shape index (κ3) is 3.23. The van der Waals surface area contributed by atoms with Crippen molar-refractivity contribution in [1.82, 2.24) is 15.4 Å². The molecule has 0 aliphatic rings. The molecule has 0 bridgehead atoms. The highest BCUT2D eigenvalue weighted by Crippen LogP contribution is 2.15. The number of hydrazine groups is 1. The summed E-state index contributed by atoms with van der Waals surface area (Å²) in [5.74, 6) is 1.06. The van der Waals surface area contributed by atoms with Crippen molar-refractivity contribution in [1.29, 1.82) is 0 Å². The Morgan fingerprint density at radius 3 is 2.62 bits per heavy atom. The molecule has 2 aromatic carbocycles. The van der Waals surface area contributed by atoms with Crippen LogP contribution in [0.25, 0.3) is 11.0 Å². The summed E-state index contributed by atoms with van der Waals surface area (Å²) in [4.78, 5) is 7.62. The first-order valence-electron chi connectivity index (χ1n) is 7.01. The van der Waals surface area contributed by atoms with E-state index in [2.05, 4.69) is 58.1 Å². The van der Waals surface area contributed by atoms with Crippen LogP contribution < -0.4 is 10.9 Å². The molecule has 3 rings (SSSR count). The van der Waals surface area contributed by atoms with Crippen molar-refractivity contribution in [2.75, 3.05) is 5.43 Å². The van der Waals surface area contributed by atoms with E-state index in [0.717, 1.165) is 11.0 Å². The average Bonchev–Trinajstić information content (AvgIpc) is 2.95. The Balaban J connectivity index is 1.57. The minimum Gasteiger partial charge on any atom is -0.323 e. The van der Waals surface area contributed by atoms with Gasteiger partial charge in [0, 0.05) is 12.1 Å². The highest BCUT2D eigenvalue weighted by molar-refractivity contribution is 5.77. The molecule has 0 fully saturated rings. The molecule has 4 nitrogen and oxygen atoms in total. The maximum absolute atomic E-state index is 4.42. The van der Waals surface area contributed by atoms with E-state index in [-0.39, 0.29) is 0 Å². The standard InChI is InChI=1S/C17H18N4/c1-13(14-7-3-2-4-8-14)11-12-18-21-17-19-15-9-5-6-10-16(15)20-17/h2-13,18H,1H3,(H2,19,20,21)/b12-11+/t13-/m0/s1. The fourth-order valence-corrected chi connectivity index (χ4v) is 2.18. The summed E-state index contributed by atoms with van der Waals surface area (Å²) in [7, 11) is 0. The van der Waals surface area contributed by atoms with Crippen molar-refractivity contribution in [2.45, 2.75) is 12.8 Å². The van der Waals surface area contributed by atoms with Gasteiger partial charge in [0.25, 0.3) is 0 Å². The van der Waals surface area contributed by atoms with E-state index in [9.17, 15) is 0 Å². The van der Waals surface area contributed by atoms with Crippen LogP contribution in [-0.2, 0) is 0 Å². The molecule has 0 saturated heterocycles. The highest BCUT2D eigenvalue weighted by atomic mass is 15.4. The number of fused-ring (bicyclic) bond motifs is 1. The molecule has 0 amide bonds. The van der Waals surface area contributed by atoms with Gasteiger partial charge in [0.15, 0.2) is 0 Å².